The number of amides is 2. The Balaban J connectivity index is 1.37. The molecule has 2 fully saturated rings. The largest absolute Gasteiger partial charge is 0.368 e. The molecule has 2 N–H and O–H groups in total. The Labute approximate surface area is 188 Å². The van der Waals surface area contributed by atoms with E-state index in [-0.39, 0.29) is 23.7 Å². The van der Waals surface area contributed by atoms with Crippen LogP contribution in [0, 0.1) is 5.82 Å². The molecule has 0 bridgehead atoms. The normalized spacial score (nSPS) is 19.6. The van der Waals surface area contributed by atoms with E-state index in [1.165, 1.54) is 12.1 Å². The number of halogens is 1. The third-order valence-corrected chi connectivity index (χ3v) is 6.28. The van der Waals surface area contributed by atoms with Gasteiger partial charge in [0, 0.05) is 70.2 Å². The zero-order valence-corrected chi connectivity index (χ0v) is 18.4. The molecule has 2 aromatic rings. The second-order valence-corrected chi connectivity index (χ2v) is 8.24. The van der Waals surface area contributed by atoms with Crippen molar-refractivity contribution in [1.82, 2.24) is 20.4 Å². The smallest absolute Gasteiger partial charge is 0.251 e. The number of carbonyl (C=O) groups excluding carboxylic acids is 2. The number of piperazine rings is 2. The van der Waals surface area contributed by atoms with Crippen LogP contribution in [0.1, 0.15) is 22.0 Å². The van der Waals surface area contributed by atoms with Crippen molar-refractivity contribution in [1.29, 1.82) is 0 Å². The molecule has 0 aromatic heterocycles. The van der Waals surface area contributed by atoms with E-state index < -0.39 is 0 Å². The molecule has 4 rings (SSSR count). The van der Waals surface area contributed by atoms with E-state index in [0.29, 0.717) is 25.2 Å². The zero-order chi connectivity index (χ0) is 22.5. The predicted molar refractivity (Wildman–Crippen MR) is 122 cm³/mol. The molecule has 8 heteroatoms. The Bertz CT molecular complexity index is 944. The van der Waals surface area contributed by atoms with Crippen LogP contribution in [0.5, 0.6) is 0 Å². The van der Waals surface area contributed by atoms with Gasteiger partial charge in [0.1, 0.15) is 5.82 Å². The minimum atomic E-state index is -0.242. The number of hydrogen-bond acceptors (Lipinski definition) is 5. The van der Waals surface area contributed by atoms with Crippen molar-refractivity contribution in [3.05, 3.63) is 65.5 Å². The molecule has 2 amide bonds. The van der Waals surface area contributed by atoms with Crippen LogP contribution in [0.3, 0.4) is 0 Å². The van der Waals surface area contributed by atoms with E-state index in [4.69, 9.17) is 0 Å². The van der Waals surface area contributed by atoms with Crippen molar-refractivity contribution in [3.63, 3.8) is 0 Å². The maximum absolute atomic E-state index is 13.2. The maximum atomic E-state index is 13.2. The van der Waals surface area contributed by atoms with E-state index in [1.807, 2.05) is 23.1 Å². The van der Waals surface area contributed by atoms with Crippen molar-refractivity contribution in [2.75, 3.05) is 64.3 Å². The summed E-state index contributed by atoms with van der Waals surface area (Å²) in [5.74, 6) is -0.232. The summed E-state index contributed by atoms with van der Waals surface area (Å²) in [6.45, 7) is 5.47. The van der Waals surface area contributed by atoms with Gasteiger partial charge in [-0.25, -0.2) is 4.39 Å². The average molecular weight is 440 g/mol. The number of nitrogens with one attached hydrogen (secondary N) is 2. The maximum Gasteiger partial charge on any atom is 0.251 e. The van der Waals surface area contributed by atoms with Gasteiger partial charge in [-0.15, -0.1) is 0 Å². The van der Waals surface area contributed by atoms with Crippen molar-refractivity contribution in [3.8, 4) is 0 Å². The molecular weight excluding hydrogens is 409 g/mol. The van der Waals surface area contributed by atoms with Crippen molar-refractivity contribution in [2.45, 2.75) is 6.04 Å². The monoisotopic (exact) mass is 439 g/mol. The minimum Gasteiger partial charge on any atom is -0.368 e. The van der Waals surface area contributed by atoms with Crippen LogP contribution in [0.15, 0.2) is 48.5 Å². The van der Waals surface area contributed by atoms with E-state index in [9.17, 15) is 14.0 Å². The molecule has 0 spiro atoms. The predicted octanol–water partition coefficient (Wildman–Crippen LogP) is 1.48. The van der Waals surface area contributed by atoms with E-state index in [2.05, 4.69) is 20.4 Å². The standard InChI is InChI=1S/C24H30FN5O2/c1-26-24(32)19-4-2-3-18(15-19)22-16-27-9-10-30(22)17-23(31)29-13-11-28(12-14-29)21-7-5-20(25)6-8-21/h2-8,15,22,27H,9-14,16-17H2,1H3,(H,26,32). The fraction of sp³-hybridized carbons (Fsp3) is 0.417. The molecule has 1 unspecified atom stereocenters. The molecule has 0 saturated carbocycles. The van der Waals surface area contributed by atoms with Crippen LogP contribution in [0.2, 0.25) is 0 Å². The van der Waals surface area contributed by atoms with Crippen LogP contribution >= 0.6 is 0 Å². The summed E-state index contributed by atoms with van der Waals surface area (Å²) in [4.78, 5) is 31.4. The molecule has 2 aliphatic rings. The highest BCUT2D eigenvalue weighted by Crippen LogP contribution is 2.24. The summed E-state index contributed by atoms with van der Waals surface area (Å²) < 4.78 is 13.2. The molecule has 2 aromatic carbocycles. The van der Waals surface area contributed by atoms with E-state index in [1.54, 1.807) is 25.2 Å². The van der Waals surface area contributed by atoms with Crippen molar-refractivity contribution < 1.29 is 14.0 Å². The van der Waals surface area contributed by atoms with Crippen LogP contribution < -0.4 is 15.5 Å². The summed E-state index contributed by atoms with van der Waals surface area (Å²) in [6, 6.07) is 14.2. The van der Waals surface area contributed by atoms with E-state index >= 15 is 0 Å². The quantitative estimate of drug-likeness (QED) is 0.739. The first-order valence-corrected chi connectivity index (χ1v) is 11.1. The van der Waals surface area contributed by atoms with E-state index in [0.717, 1.165) is 44.0 Å². The molecule has 0 aliphatic carbocycles. The third-order valence-electron chi connectivity index (χ3n) is 6.28. The number of hydrogen-bond donors (Lipinski definition) is 2. The molecule has 1 atom stereocenters. The molecule has 7 nitrogen and oxygen atoms in total. The van der Waals surface area contributed by atoms with Crippen LogP contribution in [-0.4, -0.2) is 81.0 Å². The van der Waals surface area contributed by atoms with Gasteiger partial charge in [0.2, 0.25) is 5.91 Å². The third kappa shape index (κ3) is 5.08. The first-order valence-electron chi connectivity index (χ1n) is 11.1. The highest BCUT2D eigenvalue weighted by molar-refractivity contribution is 5.94. The number of anilines is 1. The summed E-state index contributed by atoms with van der Waals surface area (Å²) >= 11 is 0. The topological polar surface area (TPSA) is 67.9 Å². The van der Waals surface area contributed by atoms with Gasteiger partial charge in [-0.05, 0) is 42.0 Å². The lowest BCUT2D eigenvalue weighted by Crippen LogP contribution is -2.54. The van der Waals surface area contributed by atoms with Gasteiger partial charge < -0.3 is 20.4 Å². The lowest BCUT2D eigenvalue weighted by Gasteiger charge is -2.40. The Morgan fingerprint density at radius 1 is 1.06 bits per heavy atom. The first-order chi connectivity index (χ1) is 15.5. The molecule has 32 heavy (non-hydrogen) atoms. The van der Waals surface area contributed by atoms with Crippen molar-refractivity contribution >= 4 is 17.5 Å². The summed E-state index contributed by atoms with van der Waals surface area (Å²) in [7, 11) is 1.62. The van der Waals surface area contributed by atoms with Gasteiger partial charge in [-0.1, -0.05) is 12.1 Å². The SMILES string of the molecule is CNC(=O)c1cccc(C2CNCCN2CC(=O)N2CCN(c3ccc(F)cc3)CC2)c1. The Morgan fingerprint density at radius 2 is 1.81 bits per heavy atom. The first kappa shape index (κ1) is 22.2. The summed E-state index contributed by atoms with van der Waals surface area (Å²) in [5.41, 5.74) is 2.64. The number of rotatable bonds is 5. The Kier molecular flexibility index (Phi) is 7.02. The second-order valence-electron chi connectivity index (χ2n) is 8.24. The van der Waals surface area contributed by atoms with Gasteiger partial charge in [0.25, 0.3) is 5.91 Å². The molecule has 2 heterocycles. The fourth-order valence-corrected chi connectivity index (χ4v) is 4.44. The number of carbonyl (C=O) groups is 2. The zero-order valence-electron chi connectivity index (χ0n) is 18.4. The Morgan fingerprint density at radius 3 is 2.53 bits per heavy atom. The molecule has 0 radical (unpaired) electrons. The molecule has 2 saturated heterocycles. The van der Waals surface area contributed by atoms with Crippen LogP contribution in [0.25, 0.3) is 0 Å². The Hall–Kier alpha value is -2.97. The molecule has 170 valence electrons. The van der Waals surface area contributed by atoms with Gasteiger partial charge in [-0.2, -0.15) is 0 Å². The van der Waals surface area contributed by atoms with Crippen molar-refractivity contribution in [2.24, 2.45) is 0 Å². The fourth-order valence-electron chi connectivity index (χ4n) is 4.44. The number of nitrogens with zero attached hydrogens (tertiary/aromatic N) is 3. The lowest BCUT2D eigenvalue weighted by atomic mass is 10.0. The van der Waals surface area contributed by atoms with Crippen LogP contribution in [-0.2, 0) is 4.79 Å². The second kappa shape index (κ2) is 10.1. The number of benzene rings is 2. The van der Waals surface area contributed by atoms with Gasteiger partial charge in [-0.3, -0.25) is 14.5 Å². The van der Waals surface area contributed by atoms with Gasteiger partial charge in [0.15, 0.2) is 0 Å². The summed E-state index contributed by atoms with van der Waals surface area (Å²) in [5, 5.41) is 6.07. The lowest BCUT2D eigenvalue weighted by molar-refractivity contribution is -0.133. The summed E-state index contributed by atoms with van der Waals surface area (Å²) in [6.07, 6.45) is 0. The minimum absolute atomic E-state index is 0.0396. The van der Waals surface area contributed by atoms with Gasteiger partial charge >= 0.3 is 0 Å². The molecule has 2 aliphatic heterocycles. The average Bonchev–Trinajstić information content (AvgIpc) is 2.84. The highest BCUT2D eigenvalue weighted by Gasteiger charge is 2.29. The van der Waals surface area contributed by atoms with Gasteiger partial charge in [0.05, 0.1) is 6.54 Å². The highest BCUT2D eigenvalue weighted by atomic mass is 19.1. The van der Waals surface area contributed by atoms with Crippen LogP contribution in [0.4, 0.5) is 10.1 Å². The molecular formula is C24H30FN5O2.